The van der Waals surface area contributed by atoms with Gasteiger partial charge in [-0.15, -0.1) is 0 Å². The lowest BCUT2D eigenvalue weighted by atomic mass is 10.2. The molecule has 0 aromatic heterocycles. The summed E-state index contributed by atoms with van der Waals surface area (Å²) in [6.07, 6.45) is 0.441. The molecule has 1 aromatic rings. The van der Waals surface area contributed by atoms with Gasteiger partial charge in [-0.1, -0.05) is 30.3 Å². The SMILES string of the molecule is CC(C)N(CCCO)S(=O)(=O)N(C)Cc1ccccc1. The lowest BCUT2D eigenvalue weighted by Gasteiger charge is -2.30. The quantitative estimate of drug-likeness (QED) is 0.790. The van der Waals surface area contributed by atoms with Crippen LogP contribution in [0.4, 0.5) is 0 Å². The largest absolute Gasteiger partial charge is 0.396 e. The van der Waals surface area contributed by atoms with E-state index < -0.39 is 10.2 Å². The van der Waals surface area contributed by atoms with E-state index in [1.165, 1.54) is 8.61 Å². The summed E-state index contributed by atoms with van der Waals surface area (Å²) in [4.78, 5) is 0. The van der Waals surface area contributed by atoms with Crippen molar-refractivity contribution in [3.8, 4) is 0 Å². The van der Waals surface area contributed by atoms with Crippen LogP contribution in [0.3, 0.4) is 0 Å². The Morgan fingerprint density at radius 2 is 1.80 bits per heavy atom. The van der Waals surface area contributed by atoms with Crippen molar-refractivity contribution in [3.63, 3.8) is 0 Å². The van der Waals surface area contributed by atoms with Crippen LogP contribution in [-0.2, 0) is 16.8 Å². The third-order valence-corrected chi connectivity index (χ3v) is 5.16. The van der Waals surface area contributed by atoms with Gasteiger partial charge in [-0.25, -0.2) is 0 Å². The monoisotopic (exact) mass is 300 g/mol. The normalized spacial score (nSPS) is 12.6. The van der Waals surface area contributed by atoms with Gasteiger partial charge in [-0.3, -0.25) is 0 Å². The van der Waals surface area contributed by atoms with Crippen LogP contribution in [0.2, 0.25) is 0 Å². The fraction of sp³-hybridized carbons (Fsp3) is 0.571. The number of aliphatic hydroxyl groups is 1. The van der Waals surface area contributed by atoms with Crippen LogP contribution in [-0.4, -0.2) is 48.4 Å². The first-order valence-electron chi connectivity index (χ1n) is 6.77. The fourth-order valence-corrected chi connectivity index (χ4v) is 3.53. The molecule has 0 amide bonds. The smallest absolute Gasteiger partial charge is 0.282 e. The van der Waals surface area contributed by atoms with Crippen LogP contribution in [0.15, 0.2) is 30.3 Å². The zero-order chi connectivity index (χ0) is 15.2. The Labute approximate surface area is 122 Å². The van der Waals surface area contributed by atoms with Crippen LogP contribution >= 0.6 is 0 Å². The van der Waals surface area contributed by atoms with Crippen molar-refractivity contribution in [1.29, 1.82) is 0 Å². The van der Waals surface area contributed by atoms with Crippen molar-refractivity contribution in [2.45, 2.75) is 32.9 Å². The molecule has 1 N–H and O–H groups in total. The van der Waals surface area contributed by atoms with Gasteiger partial charge in [0.2, 0.25) is 0 Å². The predicted molar refractivity (Wildman–Crippen MR) is 80.4 cm³/mol. The molecule has 0 fully saturated rings. The molecule has 5 nitrogen and oxygen atoms in total. The molecule has 1 aromatic carbocycles. The van der Waals surface area contributed by atoms with Crippen LogP contribution in [0, 0.1) is 0 Å². The Morgan fingerprint density at radius 3 is 2.30 bits per heavy atom. The Kier molecular flexibility index (Phi) is 6.61. The van der Waals surface area contributed by atoms with Crippen molar-refractivity contribution in [2.24, 2.45) is 0 Å². The molecule has 6 heteroatoms. The van der Waals surface area contributed by atoms with E-state index in [1.807, 2.05) is 44.2 Å². The molecule has 1 rings (SSSR count). The predicted octanol–water partition coefficient (Wildman–Crippen LogP) is 1.46. The van der Waals surface area contributed by atoms with E-state index in [9.17, 15) is 8.42 Å². The summed E-state index contributed by atoms with van der Waals surface area (Å²) in [6.45, 7) is 4.33. The van der Waals surface area contributed by atoms with Gasteiger partial charge < -0.3 is 5.11 Å². The first-order valence-corrected chi connectivity index (χ1v) is 8.17. The minimum atomic E-state index is -3.52. The second-order valence-corrected chi connectivity index (χ2v) is 7.02. The van der Waals surface area contributed by atoms with Crippen molar-refractivity contribution in [1.82, 2.24) is 8.61 Å². The van der Waals surface area contributed by atoms with E-state index in [2.05, 4.69) is 0 Å². The average Bonchev–Trinajstić information content (AvgIpc) is 2.39. The Morgan fingerprint density at radius 1 is 1.20 bits per heavy atom. The van der Waals surface area contributed by atoms with E-state index in [1.54, 1.807) is 7.05 Å². The summed E-state index contributed by atoms with van der Waals surface area (Å²) in [7, 11) is -1.94. The first-order chi connectivity index (χ1) is 9.39. The summed E-state index contributed by atoms with van der Waals surface area (Å²) in [5.74, 6) is 0. The van der Waals surface area contributed by atoms with Crippen LogP contribution < -0.4 is 0 Å². The van der Waals surface area contributed by atoms with Crippen LogP contribution in [0.5, 0.6) is 0 Å². The van der Waals surface area contributed by atoms with Gasteiger partial charge in [0.05, 0.1) is 0 Å². The molecule has 0 heterocycles. The molecule has 0 saturated heterocycles. The number of nitrogens with zero attached hydrogens (tertiary/aromatic N) is 2. The maximum atomic E-state index is 12.6. The summed E-state index contributed by atoms with van der Waals surface area (Å²) >= 11 is 0. The molecular formula is C14H24N2O3S. The molecule has 114 valence electrons. The molecule has 0 aliphatic carbocycles. The fourth-order valence-electron chi connectivity index (χ4n) is 1.97. The van der Waals surface area contributed by atoms with E-state index in [4.69, 9.17) is 5.11 Å². The molecule has 0 bridgehead atoms. The molecule has 0 radical (unpaired) electrons. The van der Waals surface area contributed by atoms with Crippen molar-refractivity contribution < 1.29 is 13.5 Å². The number of hydrogen-bond acceptors (Lipinski definition) is 3. The topological polar surface area (TPSA) is 60.9 Å². The van der Waals surface area contributed by atoms with Gasteiger partial charge in [-0.05, 0) is 25.8 Å². The molecule has 0 aliphatic heterocycles. The van der Waals surface area contributed by atoms with E-state index in [0.717, 1.165) is 5.56 Å². The second-order valence-electron chi connectivity index (χ2n) is 5.03. The number of hydrogen-bond donors (Lipinski definition) is 1. The highest BCUT2D eigenvalue weighted by molar-refractivity contribution is 7.86. The number of rotatable bonds is 8. The lowest BCUT2D eigenvalue weighted by molar-refractivity contribution is 0.250. The van der Waals surface area contributed by atoms with Gasteiger partial charge in [-0.2, -0.15) is 17.0 Å². The summed E-state index contributed by atoms with van der Waals surface area (Å²) in [5, 5.41) is 8.90. The van der Waals surface area contributed by atoms with Crippen LogP contribution in [0.1, 0.15) is 25.8 Å². The first kappa shape index (κ1) is 17.1. The van der Waals surface area contributed by atoms with Crippen LogP contribution in [0.25, 0.3) is 0 Å². The Balaban J connectivity index is 2.83. The molecule has 0 atom stereocenters. The molecule has 0 unspecified atom stereocenters. The standard InChI is InChI=1S/C14H24N2O3S/c1-13(2)16(10-7-11-17)20(18,19)15(3)12-14-8-5-4-6-9-14/h4-6,8-9,13,17H,7,10-12H2,1-3H3. The zero-order valence-corrected chi connectivity index (χ0v) is 13.2. The van der Waals surface area contributed by atoms with E-state index in [-0.39, 0.29) is 12.6 Å². The lowest BCUT2D eigenvalue weighted by Crippen LogP contribution is -2.45. The van der Waals surface area contributed by atoms with E-state index in [0.29, 0.717) is 19.5 Å². The van der Waals surface area contributed by atoms with Gasteiger partial charge in [0.15, 0.2) is 0 Å². The highest BCUT2D eigenvalue weighted by atomic mass is 32.2. The third kappa shape index (κ3) is 4.56. The molecule has 20 heavy (non-hydrogen) atoms. The molecule has 0 aliphatic rings. The van der Waals surface area contributed by atoms with Gasteiger partial charge in [0, 0.05) is 32.8 Å². The third-order valence-electron chi connectivity index (χ3n) is 3.05. The van der Waals surface area contributed by atoms with Crippen molar-refractivity contribution in [3.05, 3.63) is 35.9 Å². The van der Waals surface area contributed by atoms with Crippen molar-refractivity contribution in [2.75, 3.05) is 20.2 Å². The zero-order valence-electron chi connectivity index (χ0n) is 12.4. The van der Waals surface area contributed by atoms with Gasteiger partial charge >= 0.3 is 0 Å². The second kappa shape index (κ2) is 7.73. The van der Waals surface area contributed by atoms with Gasteiger partial charge in [0.25, 0.3) is 10.2 Å². The Hall–Kier alpha value is -0.950. The maximum Gasteiger partial charge on any atom is 0.282 e. The summed E-state index contributed by atoms with van der Waals surface area (Å²) in [6, 6.07) is 9.35. The highest BCUT2D eigenvalue weighted by Gasteiger charge is 2.28. The molecular weight excluding hydrogens is 276 g/mol. The minimum absolute atomic E-state index is 0.0128. The minimum Gasteiger partial charge on any atom is -0.396 e. The summed E-state index contributed by atoms with van der Waals surface area (Å²) in [5.41, 5.74) is 0.949. The average molecular weight is 300 g/mol. The molecule has 0 spiro atoms. The number of benzene rings is 1. The maximum absolute atomic E-state index is 12.6. The number of aliphatic hydroxyl groups excluding tert-OH is 1. The van der Waals surface area contributed by atoms with Crippen molar-refractivity contribution >= 4 is 10.2 Å². The summed E-state index contributed by atoms with van der Waals surface area (Å²) < 4.78 is 27.9. The van der Waals surface area contributed by atoms with Gasteiger partial charge in [0.1, 0.15) is 0 Å². The van der Waals surface area contributed by atoms with E-state index >= 15 is 0 Å². The Bertz CT molecular complexity index is 488. The highest BCUT2D eigenvalue weighted by Crippen LogP contribution is 2.14. The molecule has 0 saturated carbocycles.